The van der Waals surface area contributed by atoms with E-state index in [0.717, 1.165) is 39.3 Å². The molecule has 0 aliphatic carbocycles. The number of nitrogens with one attached hydrogen (secondary N) is 2. The van der Waals surface area contributed by atoms with E-state index in [1.54, 1.807) is 6.08 Å². The highest BCUT2D eigenvalue weighted by molar-refractivity contribution is 5.89. The Kier molecular flexibility index (Phi) is 7.66. The second kappa shape index (κ2) is 10.2. The molecule has 3 heterocycles. The number of rotatable bonds is 6. The first-order valence-corrected chi connectivity index (χ1v) is 9.76. The number of hydrogen-bond donors (Lipinski definition) is 2. The standard InChI is InChI=1S/C22H23N5.C2H6/c1-6-9-10-17-15(5)23-22(25-17)21-20-19(26-27-21)12-11-18(24-20)16(8-3)13-14(4)7-2;1-2/h6-13H,1-2H2,3-5H3,(H,23,25)(H,26,27);1-2H3/b10-9-,14-13-,16-8+;. The Bertz CT molecular complexity index is 1090. The summed E-state index contributed by atoms with van der Waals surface area (Å²) in [6.45, 7) is 17.5. The zero-order chi connectivity index (χ0) is 21.4. The molecule has 3 rings (SSSR count). The van der Waals surface area contributed by atoms with Crippen molar-refractivity contribution in [1.29, 1.82) is 0 Å². The van der Waals surface area contributed by atoms with E-state index in [-0.39, 0.29) is 0 Å². The monoisotopic (exact) mass is 387 g/mol. The van der Waals surface area contributed by atoms with Crippen molar-refractivity contribution in [2.24, 2.45) is 0 Å². The number of nitrogens with zero attached hydrogens (tertiary/aromatic N) is 3. The van der Waals surface area contributed by atoms with Gasteiger partial charge < -0.3 is 4.98 Å². The number of aromatic nitrogens is 5. The highest BCUT2D eigenvalue weighted by Crippen LogP contribution is 2.26. The quantitative estimate of drug-likeness (QED) is 0.480. The summed E-state index contributed by atoms with van der Waals surface area (Å²) in [5, 5.41) is 7.46. The van der Waals surface area contributed by atoms with Crippen LogP contribution in [0.1, 0.15) is 44.8 Å². The molecule has 29 heavy (non-hydrogen) atoms. The first-order chi connectivity index (χ1) is 14.1. The Morgan fingerprint density at radius 2 is 1.90 bits per heavy atom. The van der Waals surface area contributed by atoms with Crippen LogP contribution in [0.4, 0.5) is 0 Å². The highest BCUT2D eigenvalue weighted by atomic mass is 15.1. The third-order valence-corrected chi connectivity index (χ3v) is 4.26. The third kappa shape index (κ3) is 4.88. The summed E-state index contributed by atoms with van der Waals surface area (Å²) in [6, 6.07) is 3.97. The lowest BCUT2D eigenvalue weighted by atomic mass is 10.1. The van der Waals surface area contributed by atoms with Gasteiger partial charge in [-0.3, -0.25) is 5.10 Å². The van der Waals surface area contributed by atoms with Gasteiger partial charge in [-0.25, -0.2) is 9.97 Å². The van der Waals surface area contributed by atoms with Crippen molar-refractivity contribution in [3.8, 4) is 11.5 Å². The van der Waals surface area contributed by atoms with Crippen LogP contribution >= 0.6 is 0 Å². The molecule has 0 aromatic carbocycles. The molecule has 0 atom stereocenters. The minimum Gasteiger partial charge on any atom is -0.340 e. The van der Waals surface area contributed by atoms with Crippen molar-refractivity contribution in [2.45, 2.75) is 34.6 Å². The van der Waals surface area contributed by atoms with Gasteiger partial charge in [0.25, 0.3) is 0 Å². The molecule has 0 amide bonds. The van der Waals surface area contributed by atoms with Crippen LogP contribution in [0.2, 0.25) is 0 Å². The van der Waals surface area contributed by atoms with Crippen LogP contribution in [0.25, 0.3) is 34.2 Å². The first kappa shape index (κ1) is 21.8. The molecule has 5 heteroatoms. The van der Waals surface area contributed by atoms with E-state index in [1.165, 1.54) is 0 Å². The molecule has 0 aliphatic rings. The summed E-state index contributed by atoms with van der Waals surface area (Å²) in [6.07, 6.45) is 11.4. The number of allylic oxidation sites excluding steroid dienone is 7. The van der Waals surface area contributed by atoms with Gasteiger partial charge in [-0.1, -0.05) is 63.0 Å². The molecule has 0 saturated heterocycles. The summed E-state index contributed by atoms with van der Waals surface area (Å²) in [4.78, 5) is 12.8. The molecular weight excluding hydrogens is 358 g/mol. The molecule has 0 fully saturated rings. The SMILES string of the molecule is C=C/C=C\c1nc(-c2n[nH]c3ccc(C(/C=C(/C)C=C)=C/C)nc23)[nH]c1C.CC. The largest absolute Gasteiger partial charge is 0.340 e. The Balaban J connectivity index is 0.00000145. The third-order valence-electron chi connectivity index (χ3n) is 4.26. The van der Waals surface area contributed by atoms with Gasteiger partial charge in [0.15, 0.2) is 11.5 Å². The Morgan fingerprint density at radius 1 is 1.14 bits per heavy atom. The second-order valence-electron chi connectivity index (χ2n) is 6.19. The lowest BCUT2D eigenvalue weighted by Gasteiger charge is -2.03. The van der Waals surface area contributed by atoms with E-state index in [0.29, 0.717) is 11.5 Å². The summed E-state index contributed by atoms with van der Waals surface area (Å²) < 4.78 is 0. The van der Waals surface area contributed by atoms with Crippen molar-refractivity contribution >= 4 is 22.7 Å². The molecule has 3 aromatic rings. The second-order valence-corrected chi connectivity index (χ2v) is 6.19. The number of hydrogen-bond acceptors (Lipinski definition) is 3. The highest BCUT2D eigenvalue weighted by Gasteiger charge is 2.15. The average molecular weight is 388 g/mol. The maximum atomic E-state index is 4.84. The van der Waals surface area contributed by atoms with Crippen LogP contribution in [0.15, 0.2) is 61.2 Å². The predicted molar refractivity (Wildman–Crippen MR) is 124 cm³/mol. The van der Waals surface area contributed by atoms with E-state index < -0.39 is 0 Å². The van der Waals surface area contributed by atoms with Crippen LogP contribution in [0, 0.1) is 6.92 Å². The van der Waals surface area contributed by atoms with Gasteiger partial charge in [0.1, 0.15) is 5.52 Å². The molecule has 0 spiro atoms. The maximum Gasteiger partial charge on any atom is 0.161 e. The minimum atomic E-state index is 0.687. The summed E-state index contributed by atoms with van der Waals surface area (Å²) in [7, 11) is 0. The Morgan fingerprint density at radius 3 is 2.55 bits per heavy atom. The zero-order valence-electron chi connectivity index (χ0n) is 17.9. The molecule has 2 N–H and O–H groups in total. The van der Waals surface area contributed by atoms with Crippen molar-refractivity contribution in [3.05, 3.63) is 78.3 Å². The van der Waals surface area contributed by atoms with Gasteiger partial charge in [0.05, 0.1) is 16.9 Å². The molecule has 0 radical (unpaired) electrons. The number of imidazole rings is 1. The maximum absolute atomic E-state index is 4.84. The molecule has 0 bridgehead atoms. The van der Waals surface area contributed by atoms with Crippen LogP contribution in [0.3, 0.4) is 0 Å². The van der Waals surface area contributed by atoms with Crippen LogP contribution in [0.5, 0.6) is 0 Å². The van der Waals surface area contributed by atoms with Gasteiger partial charge in [0.2, 0.25) is 0 Å². The Labute approximate surface area is 172 Å². The molecule has 150 valence electrons. The molecule has 3 aromatic heterocycles. The lowest BCUT2D eigenvalue weighted by molar-refractivity contribution is 1.10. The van der Waals surface area contributed by atoms with E-state index in [4.69, 9.17) is 4.98 Å². The van der Waals surface area contributed by atoms with E-state index in [2.05, 4.69) is 39.4 Å². The fraction of sp³-hybridized carbons (Fsp3) is 0.208. The number of aryl methyl sites for hydroxylation is 1. The van der Waals surface area contributed by atoms with E-state index >= 15 is 0 Å². The minimum absolute atomic E-state index is 0.687. The smallest absolute Gasteiger partial charge is 0.161 e. The fourth-order valence-corrected chi connectivity index (χ4v) is 2.74. The van der Waals surface area contributed by atoms with Crippen molar-refractivity contribution in [2.75, 3.05) is 0 Å². The van der Waals surface area contributed by atoms with Crippen LogP contribution < -0.4 is 0 Å². The van der Waals surface area contributed by atoms with E-state index in [9.17, 15) is 0 Å². The first-order valence-electron chi connectivity index (χ1n) is 9.76. The fourth-order valence-electron chi connectivity index (χ4n) is 2.74. The normalized spacial score (nSPS) is 12.2. The number of H-pyrrole nitrogens is 2. The average Bonchev–Trinajstić information content (AvgIpc) is 3.34. The molecule has 5 nitrogen and oxygen atoms in total. The predicted octanol–water partition coefficient (Wildman–Crippen LogP) is 6.42. The topological polar surface area (TPSA) is 70.2 Å². The number of pyridine rings is 1. The van der Waals surface area contributed by atoms with Gasteiger partial charge in [-0.15, -0.1) is 0 Å². The van der Waals surface area contributed by atoms with Crippen molar-refractivity contribution in [1.82, 2.24) is 25.1 Å². The number of aromatic amines is 2. The number of fused-ring (bicyclic) bond motifs is 1. The van der Waals surface area contributed by atoms with E-state index in [1.807, 2.05) is 71.1 Å². The molecular formula is C24H29N5. The summed E-state index contributed by atoms with van der Waals surface area (Å²) in [5.41, 5.74) is 7.17. The van der Waals surface area contributed by atoms with Gasteiger partial charge in [-0.05, 0) is 44.6 Å². The van der Waals surface area contributed by atoms with Crippen LogP contribution in [-0.4, -0.2) is 25.1 Å². The van der Waals surface area contributed by atoms with Crippen molar-refractivity contribution in [3.63, 3.8) is 0 Å². The lowest BCUT2D eigenvalue weighted by Crippen LogP contribution is -1.90. The van der Waals surface area contributed by atoms with Crippen molar-refractivity contribution < 1.29 is 0 Å². The van der Waals surface area contributed by atoms with Gasteiger partial charge in [0, 0.05) is 5.69 Å². The molecule has 0 saturated carbocycles. The Hall–Kier alpha value is -3.47. The van der Waals surface area contributed by atoms with Gasteiger partial charge >= 0.3 is 0 Å². The summed E-state index contributed by atoms with van der Waals surface area (Å²) in [5.74, 6) is 0.687. The summed E-state index contributed by atoms with van der Waals surface area (Å²) >= 11 is 0. The zero-order valence-corrected chi connectivity index (χ0v) is 17.9. The van der Waals surface area contributed by atoms with Gasteiger partial charge in [-0.2, -0.15) is 5.10 Å². The van der Waals surface area contributed by atoms with Crippen LogP contribution in [-0.2, 0) is 0 Å². The molecule has 0 unspecified atom stereocenters. The molecule has 0 aliphatic heterocycles.